The number of piperidine rings is 1. The first kappa shape index (κ1) is 23.7. The van der Waals surface area contributed by atoms with E-state index in [0.29, 0.717) is 18.9 Å². The zero-order chi connectivity index (χ0) is 25.2. The molecule has 1 spiro atoms. The number of benzene rings is 2. The molecule has 5 atom stereocenters. The maximum atomic E-state index is 13.8. The molecule has 2 heterocycles. The summed E-state index contributed by atoms with van der Waals surface area (Å²) in [6, 6.07) is 14.6. The summed E-state index contributed by atoms with van der Waals surface area (Å²) in [5.74, 6) is 1.27. The van der Waals surface area contributed by atoms with Gasteiger partial charge in [0.1, 0.15) is 11.9 Å². The molecule has 2 aromatic rings. The van der Waals surface area contributed by atoms with E-state index in [-0.39, 0.29) is 24.1 Å². The predicted octanol–water partition coefficient (Wildman–Crippen LogP) is 4.35. The van der Waals surface area contributed by atoms with Gasteiger partial charge in [-0.1, -0.05) is 55.8 Å². The molecule has 2 bridgehead atoms. The van der Waals surface area contributed by atoms with Crippen LogP contribution in [0.5, 0.6) is 5.75 Å². The number of hydrogen-bond acceptors (Lipinski definition) is 4. The lowest BCUT2D eigenvalue weighted by Gasteiger charge is -2.64. The molecule has 36 heavy (non-hydrogen) atoms. The Hall–Kier alpha value is -2.63. The van der Waals surface area contributed by atoms with Gasteiger partial charge >= 0.3 is 0 Å². The number of aliphatic hydroxyl groups is 1. The molecule has 0 radical (unpaired) electrons. The summed E-state index contributed by atoms with van der Waals surface area (Å²) in [6.07, 6.45) is 6.54. The van der Waals surface area contributed by atoms with E-state index in [1.807, 2.05) is 23.1 Å². The van der Waals surface area contributed by atoms with E-state index in [1.54, 1.807) is 6.08 Å². The number of rotatable bonds is 5. The number of amides is 1. The van der Waals surface area contributed by atoms with Gasteiger partial charge in [-0.05, 0) is 75.4 Å². The van der Waals surface area contributed by atoms with Crippen LogP contribution in [-0.2, 0) is 16.6 Å². The van der Waals surface area contributed by atoms with Crippen LogP contribution in [-0.4, -0.2) is 64.7 Å². The van der Waals surface area contributed by atoms with Gasteiger partial charge in [-0.3, -0.25) is 4.79 Å². The minimum Gasteiger partial charge on any atom is -0.487 e. The maximum absolute atomic E-state index is 13.8. The quantitative estimate of drug-likeness (QED) is 0.639. The summed E-state index contributed by atoms with van der Waals surface area (Å²) in [5.41, 5.74) is 3.43. The second-order valence-electron chi connectivity index (χ2n) is 11.9. The molecule has 4 aliphatic rings. The zero-order valence-corrected chi connectivity index (χ0v) is 21.9. The molecule has 2 unspecified atom stereocenters. The standard InChI is InChI=1S/C31H38N2O3/c1-20(2)19-33(27(34)12-11-22-8-5-7-21(3)17-22)24-13-14-31(35)26-18-23-9-6-10-25-28(23)30(31,29(24)36-25)15-16-32(26)4/h5-12,17,20,24,26,29,35H,13-16,18-19H2,1-4H3/b12-11+/t24?,26-,29?,30+,31-/m1/s1. The third-order valence-electron chi connectivity index (χ3n) is 9.30. The van der Waals surface area contributed by atoms with Crippen molar-refractivity contribution < 1.29 is 14.6 Å². The number of aryl methyl sites for hydroxylation is 1. The highest BCUT2D eigenvalue weighted by Gasteiger charge is 2.72. The van der Waals surface area contributed by atoms with Crippen molar-refractivity contribution in [1.82, 2.24) is 9.80 Å². The molecule has 5 nitrogen and oxygen atoms in total. The molecule has 1 amide bonds. The highest BCUT2D eigenvalue weighted by Crippen LogP contribution is 2.64. The van der Waals surface area contributed by atoms with Gasteiger partial charge in [0.25, 0.3) is 0 Å². The Bertz CT molecular complexity index is 1220. The predicted molar refractivity (Wildman–Crippen MR) is 142 cm³/mol. The third-order valence-corrected chi connectivity index (χ3v) is 9.30. The molecule has 0 aromatic heterocycles. The lowest BCUT2D eigenvalue weighted by atomic mass is 9.48. The van der Waals surface area contributed by atoms with E-state index in [4.69, 9.17) is 4.74 Å². The fourth-order valence-electron chi connectivity index (χ4n) is 7.84. The zero-order valence-electron chi connectivity index (χ0n) is 21.9. The number of hydrogen-bond donors (Lipinski definition) is 1. The van der Waals surface area contributed by atoms with Crippen LogP contribution >= 0.6 is 0 Å². The smallest absolute Gasteiger partial charge is 0.246 e. The van der Waals surface area contributed by atoms with Crippen molar-refractivity contribution in [2.75, 3.05) is 20.1 Å². The molecule has 5 heteroatoms. The van der Waals surface area contributed by atoms with Gasteiger partial charge in [0.2, 0.25) is 5.91 Å². The van der Waals surface area contributed by atoms with Crippen molar-refractivity contribution >= 4 is 12.0 Å². The van der Waals surface area contributed by atoms with Gasteiger partial charge in [0, 0.05) is 24.2 Å². The minimum absolute atomic E-state index is 0.0251. The monoisotopic (exact) mass is 486 g/mol. The van der Waals surface area contributed by atoms with E-state index < -0.39 is 11.0 Å². The summed E-state index contributed by atoms with van der Waals surface area (Å²) in [6.45, 7) is 7.99. The normalized spacial score (nSPS) is 32.4. The second kappa shape index (κ2) is 8.46. The van der Waals surface area contributed by atoms with Crippen molar-refractivity contribution in [1.29, 1.82) is 0 Å². The Morgan fingerprint density at radius 2 is 2.06 bits per heavy atom. The summed E-state index contributed by atoms with van der Waals surface area (Å²) in [5, 5.41) is 12.4. The number of carbonyl (C=O) groups is 1. The minimum atomic E-state index is -0.843. The molecule has 1 saturated heterocycles. The number of ether oxygens (including phenoxy) is 1. The van der Waals surface area contributed by atoms with Gasteiger partial charge in [0.05, 0.1) is 17.1 Å². The first-order chi connectivity index (χ1) is 17.2. The SMILES string of the molecule is Cc1cccc(/C=C/C(=O)N(CC(C)C)C2CC[C@@]3(O)[C@H]4Cc5cccc6c5[C@@]3(CCN4C)C2O6)c1. The molecule has 6 rings (SSSR count). The molecular formula is C31H38N2O3. The average Bonchev–Trinajstić information content (AvgIpc) is 3.18. The maximum Gasteiger partial charge on any atom is 0.246 e. The van der Waals surface area contributed by atoms with Crippen LogP contribution in [0.15, 0.2) is 48.5 Å². The van der Waals surface area contributed by atoms with Gasteiger partial charge < -0.3 is 19.6 Å². The first-order valence-corrected chi connectivity index (χ1v) is 13.5. The molecule has 1 saturated carbocycles. The number of nitrogens with zero attached hydrogens (tertiary/aromatic N) is 2. The van der Waals surface area contributed by atoms with Crippen molar-refractivity contribution in [3.8, 4) is 5.75 Å². The molecule has 2 aromatic carbocycles. The van der Waals surface area contributed by atoms with Crippen molar-refractivity contribution in [3.63, 3.8) is 0 Å². The summed E-state index contributed by atoms with van der Waals surface area (Å²) >= 11 is 0. The van der Waals surface area contributed by atoms with Crippen LogP contribution in [0.3, 0.4) is 0 Å². The Morgan fingerprint density at radius 1 is 1.25 bits per heavy atom. The third kappa shape index (κ3) is 3.32. The van der Waals surface area contributed by atoms with Crippen LogP contribution in [0.2, 0.25) is 0 Å². The van der Waals surface area contributed by atoms with E-state index in [0.717, 1.165) is 37.1 Å². The topological polar surface area (TPSA) is 53.0 Å². The molecular weight excluding hydrogens is 448 g/mol. The molecule has 1 N–H and O–H groups in total. The van der Waals surface area contributed by atoms with Crippen molar-refractivity contribution in [2.45, 2.75) is 75.7 Å². The highest BCUT2D eigenvalue weighted by molar-refractivity contribution is 5.92. The lowest BCUT2D eigenvalue weighted by Crippen LogP contribution is -2.78. The van der Waals surface area contributed by atoms with E-state index in [1.165, 1.54) is 16.7 Å². The van der Waals surface area contributed by atoms with Gasteiger partial charge in [-0.15, -0.1) is 0 Å². The summed E-state index contributed by atoms with van der Waals surface area (Å²) in [4.78, 5) is 18.2. The number of likely N-dealkylation sites (N-methyl/N-ethyl adjacent to an activating group) is 1. The van der Waals surface area contributed by atoms with Gasteiger partial charge in [0.15, 0.2) is 0 Å². The van der Waals surface area contributed by atoms with E-state index >= 15 is 0 Å². The first-order valence-electron chi connectivity index (χ1n) is 13.5. The Morgan fingerprint density at radius 3 is 2.83 bits per heavy atom. The fraction of sp³-hybridized carbons (Fsp3) is 0.516. The Balaban J connectivity index is 1.40. The second-order valence-corrected chi connectivity index (χ2v) is 11.9. The van der Waals surface area contributed by atoms with Gasteiger partial charge in [-0.25, -0.2) is 0 Å². The number of likely N-dealkylation sites (tertiary alicyclic amines) is 1. The van der Waals surface area contributed by atoms with E-state index in [9.17, 15) is 9.90 Å². The van der Waals surface area contributed by atoms with Crippen LogP contribution in [0.1, 0.15) is 55.4 Å². The van der Waals surface area contributed by atoms with Crippen LogP contribution in [0.4, 0.5) is 0 Å². The Labute approximate surface area is 214 Å². The molecule has 2 fully saturated rings. The average molecular weight is 487 g/mol. The Kier molecular flexibility index (Phi) is 5.58. The van der Waals surface area contributed by atoms with Gasteiger partial charge in [-0.2, -0.15) is 0 Å². The molecule has 190 valence electrons. The fourth-order valence-corrected chi connectivity index (χ4v) is 7.84. The van der Waals surface area contributed by atoms with Crippen molar-refractivity contribution in [2.24, 2.45) is 5.92 Å². The summed E-state index contributed by atoms with van der Waals surface area (Å²) in [7, 11) is 2.14. The van der Waals surface area contributed by atoms with Crippen molar-refractivity contribution in [3.05, 3.63) is 70.8 Å². The number of carbonyl (C=O) groups excluding carboxylic acids is 1. The summed E-state index contributed by atoms with van der Waals surface area (Å²) < 4.78 is 6.79. The molecule has 2 aliphatic heterocycles. The largest absolute Gasteiger partial charge is 0.487 e. The van der Waals surface area contributed by atoms with Crippen LogP contribution in [0.25, 0.3) is 6.08 Å². The van der Waals surface area contributed by atoms with E-state index in [2.05, 4.69) is 63.1 Å². The van der Waals surface area contributed by atoms with Crippen LogP contribution < -0.4 is 4.74 Å². The highest BCUT2D eigenvalue weighted by atomic mass is 16.5. The molecule has 2 aliphatic carbocycles. The van der Waals surface area contributed by atoms with Crippen LogP contribution in [0, 0.1) is 12.8 Å². The lowest BCUT2D eigenvalue weighted by molar-refractivity contribution is -0.197.